The van der Waals surface area contributed by atoms with Gasteiger partial charge in [0.2, 0.25) is 5.91 Å². The topological polar surface area (TPSA) is 55.4 Å². The normalized spacial score (nSPS) is 8.82. The molecule has 4 heteroatoms. The number of hydrogen-bond acceptors (Lipinski definition) is 3. The molecule has 0 aliphatic heterocycles. The molecule has 0 aliphatic rings. The molecule has 0 rings (SSSR count). The van der Waals surface area contributed by atoms with E-state index in [1.54, 1.807) is 0 Å². The molecule has 0 saturated heterocycles. The number of hydrogen-bond donors (Lipinski definition) is 1. The van der Waals surface area contributed by atoms with Crippen LogP contribution in [0.2, 0.25) is 0 Å². The van der Waals surface area contributed by atoms with E-state index in [4.69, 9.17) is 0 Å². The van der Waals surface area contributed by atoms with E-state index in [0.717, 1.165) is 0 Å². The van der Waals surface area contributed by atoms with Gasteiger partial charge in [0.1, 0.15) is 6.61 Å². The zero-order valence-corrected chi connectivity index (χ0v) is 6.26. The fourth-order valence-electron chi connectivity index (χ4n) is 0.532. The Morgan fingerprint density at radius 3 is 2.91 bits per heavy atom. The Kier molecular flexibility index (Phi) is 6.37. The maximum Gasteiger partial charge on any atom is 0.417 e. The first-order chi connectivity index (χ1) is 5.31. The molecule has 0 aliphatic carbocycles. The predicted octanol–water partition coefficient (Wildman–Crippen LogP) is -0.199. The summed E-state index contributed by atoms with van der Waals surface area (Å²) < 4.78 is 4.23. The summed E-state index contributed by atoms with van der Waals surface area (Å²) in [6.45, 7) is 5.29. The van der Waals surface area contributed by atoms with Gasteiger partial charge in [-0.1, -0.05) is 6.92 Å². The Balaban J connectivity index is 3.10. The molecule has 62 valence electrons. The third-order valence-electron chi connectivity index (χ3n) is 0.989. The van der Waals surface area contributed by atoms with Crippen molar-refractivity contribution in [1.29, 1.82) is 0 Å². The second-order valence-electron chi connectivity index (χ2n) is 1.89. The Labute approximate surface area is 65.9 Å². The van der Waals surface area contributed by atoms with E-state index in [1.807, 2.05) is 0 Å². The average molecular weight is 157 g/mol. The van der Waals surface area contributed by atoms with Crippen molar-refractivity contribution in [3.63, 3.8) is 0 Å². The molecule has 0 aromatic carbocycles. The van der Waals surface area contributed by atoms with Gasteiger partial charge in [-0.05, 0) is 6.42 Å². The fraction of sp³-hybridized carbons (Fsp3) is 0.571. The van der Waals surface area contributed by atoms with Crippen LogP contribution in [0.3, 0.4) is 0 Å². The van der Waals surface area contributed by atoms with Crippen molar-refractivity contribution >= 4 is 12.4 Å². The van der Waals surface area contributed by atoms with E-state index >= 15 is 0 Å². The zero-order chi connectivity index (χ0) is 8.53. The van der Waals surface area contributed by atoms with Crippen LogP contribution in [0.4, 0.5) is 0 Å². The molecule has 0 unspecified atom stereocenters. The molecule has 1 N–H and O–H groups in total. The van der Waals surface area contributed by atoms with Gasteiger partial charge in [-0.15, -0.1) is 0 Å². The quantitative estimate of drug-likeness (QED) is 0.543. The lowest BCUT2D eigenvalue weighted by Gasteiger charge is -2.01. The Morgan fingerprint density at radius 1 is 1.64 bits per heavy atom. The minimum Gasteiger partial charge on any atom is -0.455 e. The van der Waals surface area contributed by atoms with Crippen molar-refractivity contribution in [3.8, 4) is 0 Å². The first-order valence-corrected chi connectivity index (χ1v) is 3.36. The second kappa shape index (κ2) is 7.05. The van der Waals surface area contributed by atoms with Crippen LogP contribution in [0.15, 0.2) is 0 Å². The third kappa shape index (κ3) is 6.83. The van der Waals surface area contributed by atoms with Crippen LogP contribution in [0.5, 0.6) is 0 Å². The van der Waals surface area contributed by atoms with Gasteiger partial charge < -0.3 is 10.1 Å². The monoisotopic (exact) mass is 157 g/mol. The molecule has 1 amide bonds. The van der Waals surface area contributed by atoms with Gasteiger partial charge in [0.15, 0.2) is 0 Å². The highest BCUT2D eigenvalue weighted by molar-refractivity contribution is 5.75. The Hall–Kier alpha value is -1.06. The van der Waals surface area contributed by atoms with Crippen LogP contribution in [0, 0.1) is 6.92 Å². The minimum atomic E-state index is -0.0745. The van der Waals surface area contributed by atoms with Crippen molar-refractivity contribution in [1.82, 2.24) is 5.32 Å². The fourth-order valence-corrected chi connectivity index (χ4v) is 0.532. The first kappa shape index (κ1) is 9.94. The summed E-state index contributed by atoms with van der Waals surface area (Å²) in [5.41, 5.74) is 0. The van der Waals surface area contributed by atoms with Crippen LogP contribution in [-0.2, 0) is 14.3 Å². The highest BCUT2D eigenvalue weighted by atomic mass is 16.5. The molecule has 11 heavy (non-hydrogen) atoms. The lowest BCUT2D eigenvalue weighted by molar-refractivity contribution is -0.121. The maximum absolute atomic E-state index is 10.7. The van der Waals surface area contributed by atoms with Crippen molar-refractivity contribution in [2.24, 2.45) is 0 Å². The number of carbonyl (C=O) groups is 1. The summed E-state index contributed by atoms with van der Waals surface area (Å²) in [6.07, 6.45) is 0.983. The highest BCUT2D eigenvalue weighted by Crippen LogP contribution is 1.83. The van der Waals surface area contributed by atoms with Crippen molar-refractivity contribution in [3.05, 3.63) is 6.92 Å². The molecule has 0 saturated carbocycles. The van der Waals surface area contributed by atoms with Gasteiger partial charge in [-0.2, -0.15) is 0 Å². The standard InChI is InChI=1S/C7H11NO3/c1-2-3-7(10)8-4-5-11-6-9/h1-5H2,(H,8,10). The summed E-state index contributed by atoms with van der Waals surface area (Å²) in [7, 11) is 0. The largest absolute Gasteiger partial charge is 0.455 e. The number of rotatable bonds is 6. The molecular formula is C7H11NO3. The molecule has 0 spiro atoms. The zero-order valence-electron chi connectivity index (χ0n) is 6.26. The Bertz CT molecular complexity index is 125. The highest BCUT2D eigenvalue weighted by Gasteiger charge is 1.96. The molecule has 0 atom stereocenters. The van der Waals surface area contributed by atoms with Crippen molar-refractivity contribution in [2.45, 2.75) is 12.8 Å². The summed E-state index contributed by atoms with van der Waals surface area (Å²) in [5.74, 6) is -0.0745. The molecular weight excluding hydrogens is 146 g/mol. The van der Waals surface area contributed by atoms with E-state index in [9.17, 15) is 9.59 Å². The van der Waals surface area contributed by atoms with Gasteiger partial charge in [0.25, 0.3) is 0 Å². The SMILES string of the molecule is [CH2]CCC(=O)NCCO[C]=O. The van der Waals surface area contributed by atoms with Crippen molar-refractivity contribution < 1.29 is 14.3 Å². The van der Waals surface area contributed by atoms with E-state index < -0.39 is 0 Å². The molecule has 4 nitrogen and oxygen atoms in total. The van der Waals surface area contributed by atoms with Gasteiger partial charge in [-0.3, -0.25) is 4.79 Å². The van der Waals surface area contributed by atoms with E-state index in [2.05, 4.69) is 17.0 Å². The van der Waals surface area contributed by atoms with Crippen LogP contribution in [0.25, 0.3) is 0 Å². The Morgan fingerprint density at radius 2 is 2.36 bits per heavy atom. The minimum absolute atomic E-state index is 0.0745. The van der Waals surface area contributed by atoms with Gasteiger partial charge in [-0.25, -0.2) is 4.79 Å². The lowest BCUT2D eigenvalue weighted by Crippen LogP contribution is -2.26. The summed E-state index contributed by atoms with van der Waals surface area (Å²) in [6, 6.07) is 0. The molecule has 0 aromatic heterocycles. The van der Waals surface area contributed by atoms with Crippen LogP contribution in [0.1, 0.15) is 12.8 Å². The van der Waals surface area contributed by atoms with Gasteiger partial charge >= 0.3 is 6.47 Å². The summed E-state index contributed by atoms with van der Waals surface area (Å²) in [5, 5.41) is 2.54. The molecule has 0 heterocycles. The maximum atomic E-state index is 10.7. The average Bonchev–Trinajstić information content (AvgIpc) is 1.99. The number of nitrogens with one attached hydrogen (secondary N) is 1. The predicted molar refractivity (Wildman–Crippen MR) is 39.2 cm³/mol. The van der Waals surface area contributed by atoms with Crippen LogP contribution in [-0.4, -0.2) is 25.5 Å². The van der Waals surface area contributed by atoms with E-state index in [-0.39, 0.29) is 12.5 Å². The van der Waals surface area contributed by atoms with Gasteiger partial charge in [0.05, 0.1) is 6.54 Å². The van der Waals surface area contributed by atoms with Crippen molar-refractivity contribution in [2.75, 3.05) is 13.2 Å². The molecule has 0 bridgehead atoms. The van der Waals surface area contributed by atoms with Gasteiger partial charge in [0, 0.05) is 6.42 Å². The molecule has 2 radical (unpaired) electrons. The number of carbonyl (C=O) groups excluding carboxylic acids is 2. The smallest absolute Gasteiger partial charge is 0.417 e. The number of ether oxygens (including phenoxy) is 1. The van der Waals surface area contributed by atoms with Crippen LogP contribution >= 0.6 is 0 Å². The van der Waals surface area contributed by atoms with Crippen LogP contribution < -0.4 is 5.32 Å². The first-order valence-electron chi connectivity index (χ1n) is 3.36. The van der Waals surface area contributed by atoms with E-state index in [0.29, 0.717) is 19.4 Å². The molecule has 0 fully saturated rings. The lowest BCUT2D eigenvalue weighted by atomic mass is 10.3. The summed E-state index contributed by atoms with van der Waals surface area (Å²) in [4.78, 5) is 20.2. The summed E-state index contributed by atoms with van der Waals surface area (Å²) >= 11 is 0. The molecule has 0 aromatic rings. The third-order valence-corrected chi connectivity index (χ3v) is 0.989. The number of amides is 1. The second-order valence-corrected chi connectivity index (χ2v) is 1.89. The van der Waals surface area contributed by atoms with E-state index in [1.165, 1.54) is 6.47 Å².